The van der Waals surface area contributed by atoms with Crippen LogP contribution < -0.4 is 10.0 Å². The number of nitrogens with zero attached hydrogens (tertiary/aromatic N) is 2. The lowest BCUT2D eigenvalue weighted by Gasteiger charge is -2.20. The largest absolute Gasteiger partial charge is 0.351 e. The van der Waals surface area contributed by atoms with Crippen LogP contribution in [0.1, 0.15) is 32.9 Å². The highest BCUT2D eigenvalue weighted by Crippen LogP contribution is 2.07. The van der Waals surface area contributed by atoms with Crippen LogP contribution in [0.5, 0.6) is 0 Å². The molecule has 0 aliphatic carbocycles. The van der Waals surface area contributed by atoms with Gasteiger partial charge in [-0.15, -0.1) is 0 Å². The first-order valence-electron chi connectivity index (χ1n) is 6.31. The fraction of sp³-hybridized carbons (Fsp3) is 0.462. The van der Waals surface area contributed by atoms with Crippen molar-refractivity contribution in [3.05, 3.63) is 24.0 Å². The van der Waals surface area contributed by atoms with Gasteiger partial charge in [0.05, 0.1) is 0 Å². The maximum Gasteiger partial charge on any atom is 0.242 e. The van der Waals surface area contributed by atoms with Gasteiger partial charge in [-0.25, -0.2) is 18.1 Å². The molecule has 1 heterocycles. The molecule has 1 aromatic heterocycles. The molecule has 0 saturated heterocycles. The monoisotopic (exact) mass is 310 g/mol. The molecule has 0 spiro atoms. The van der Waals surface area contributed by atoms with Crippen LogP contribution in [0, 0.1) is 11.3 Å². The maximum atomic E-state index is 11.9. The highest BCUT2D eigenvalue weighted by atomic mass is 32.2. The lowest BCUT2D eigenvalue weighted by molar-refractivity contribution is -0.122. The fourth-order valence-electron chi connectivity index (χ4n) is 1.47. The molecule has 0 aliphatic heterocycles. The Morgan fingerprint density at radius 1 is 1.38 bits per heavy atom. The van der Waals surface area contributed by atoms with Crippen LogP contribution in [0.15, 0.2) is 23.2 Å². The average Bonchev–Trinajstić information content (AvgIpc) is 2.36. The summed E-state index contributed by atoms with van der Waals surface area (Å²) in [5.74, 6) is -0.233. The molecule has 0 fully saturated rings. The number of carbonyl (C=O) groups is 1. The van der Waals surface area contributed by atoms with E-state index in [1.807, 2.05) is 20.8 Å². The molecule has 0 radical (unpaired) electrons. The van der Waals surface area contributed by atoms with Crippen molar-refractivity contribution >= 4 is 15.9 Å². The van der Waals surface area contributed by atoms with Gasteiger partial charge in [0.1, 0.15) is 16.7 Å². The van der Waals surface area contributed by atoms with Gasteiger partial charge in [-0.2, -0.15) is 5.26 Å². The molecule has 0 atom stereocenters. The Balaban J connectivity index is 2.57. The molecule has 0 unspecified atom stereocenters. The molecule has 8 heteroatoms. The van der Waals surface area contributed by atoms with Gasteiger partial charge in [-0.05, 0) is 32.9 Å². The highest BCUT2D eigenvalue weighted by Gasteiger charge is 2.17. The molecule has 0 bridgehead atoms. The molecule has 2 N–H and O–H groups in total. The Bertz CT molecular complexity index is 639. The van der Waals surface area contributed by atoms with Crippen molar-refractivity contribution in [2.75, 3.05) is 6.54 Å². The molecular formula is C13H18N4O3S. The van der Waals surface area contributed by atoms with Gasteiger partial charge in [0, 0.05) is 24.7 Å². The molecule has 1 aromatic rings. The van der Waals surface area contributed by atoms with Gasteiger partial charge >= 0.3 is 0 Å². The number of amides is 1. The van der Waals surface area contributed by atoms with Crippen molar-refractivity contribution in [2.45, 2.75) is 37.6 Å². The summed E-state index contributed by atoms with van der Waals surface area (Å²) in [5.41, 5.74) is -0.217. The van der Waals surface area contributed by atoms with E-state index in [1.165, 1.54) is 12.1 Å². The normalized spacial score (nSPS) is 11.7. The van der Waals surface area contributed by atoms with Crippen molar-refractivity contribution < 1.29 is 13.2 Å². The molecule has 1 rings (SSSR count). The lowest BCUT2D eigenvalue weighted by Crippen LogP contribution is -2.41. The average molecular weight is 310 g/mol. The molecule has 1 amide bonds. The molecule has 0 saturated carbocycles. The summed E-state index contributed by atoms with van der Waals surface area (Å²) in [6, 6.07) is 4.42. The number of nitriles is 1. The maximum absolute atomic E-state index is 11.9. The van der Waals surface area contributed by atoms with Crippen LogP contribution in [-0.2, 0) is 14.8 Å². The summed E-state index contributed by atoms with van der Waals surface area (Å²) < 4.78 is 26.2. The van der Waals surface area contributed by atoms with Crippen molar-refractivity contribution in [2.24, 2.45) is 0 Å². The van der Waals surface area contributed by atoms with E-state index in [-0.39, 0.29) is 35.0 Å². The number of sulfonamides is 1. The number of hydrogen-bond donors (Lipinski definition) is 2. The van der Waals surface area contributed by atoms with Gasteiger partial charge in [0.25, 0.3) is 0 Å². The molecule has 21 heavy (non-hydrogen) atoms. The van der Waals surface area contributed by atoms with Crippen LogP contribution in [0.25, 0.3) is 0 Å². The van der Waals surface area contributed by atoms with E-state index < -0.39 is 10.0 Å². The number of carbonyl (C=O) groups excluding carboxylic acids is 1. The standard InChI is InChI=1S/C13H18N4O3S/c1-13(2,3)17-12(18)6-7-16-21(19,20)11-5-4-10(8-14)15-9-11/h4-5,9,16H,6-7H2,1-3H3,(H,17,18). The van der Waals surface area contributed by atoms with E-state index in [9.17, 15) is 13.2 Å². The molecule has 0 aliphatic rings. The Morgan fingerprint density at radius 2 is 2.05 bits per heavy atom. The predicted molar refractivity (Wildman–Crippen MR) is 76.7 cm³/mol. The third kappa shape index (κ3) is 5.89. The van der Waals surface area contributed by atoms with Crippen LogP contribution in [0.4, 0.5) is 0 Å². The summed E-state index contributed by atoms with van der Waals surface area (Å²) in [6.07, 6.45) is 1.15. The quantitative estimate of drug-likeness (QED) is 0.824. The van der Waals surface area contributed by atoms with Gasteiger partial charge in [0.2, 0.25) is 15.9 Å². The Morgan fingerprint density at radius 3 is 2.52 bits per heavy atom. The summed E-state index contributed by atoms with van der Waals surface area (Å²) >= 11 is 0. The minimum Gasteiger partial charge on any atom is -0.351 e. The van der Waals surface area contributed by atoms with E-state index in [2.05, 4.69) is 15.0 Å². The Hall–Kier alpha value is -1.98. The first-order chi connectivity index (χ1) is 9.64. The summed E-state index contributed by atoms with van der Waals surface area (Å²) in [4.78, 5) is 15.2. The van der Waals surface area contributed by atoms with Crippen molar-refractivity contribution in [1.29, 1.82) is 5.26 Å². The SMILES string of the molecule is CC(C)(C)NC(=O)CCNS(=O)(=O)c1ccc(C#N)nc1. The second-order valence-electron chi connectivity index (χ2n) is 5.44. The third-order valence-electron chi connectivity index (χ3n) is 2.32. The van der Waals surface area contributed by atoms with Crippen molar-refractivity contribution in [3.63, 3.8) is 0 Å². The van der Waals surface area contributed by atoms with Crippen LogP contribution in [-0.4, -0.2) is 31.4 Å². The smallest absolute Gasteiger partial charge is 0.242 e. The topological polar surface area (TPSA) is 112 Å². The van der Waals surface area contributed by atoms with Gasteiger partial charge in [-0.3, -0.25) is 4.79 Å². The second kappa shape index (κ2) is 6.65. The molecule has 0 aromatic carbocycles. The van der Waals surface area contributed by atoms with Gasteiger partial charge in [0.15, 0.2) is 0 Å². The van der Waals surface area contributed by atoms with Gasteiger partial charge in [-0.1, -0.05) is 0 Å². The Kier molecular flexibility index (Phi) is 5.41. The number of aromatic nitrogens is 1. The summed E-state index contributed by atoms with van der Waals surface area (Å²) in [7, 11) is -3.73. The lowest BCUT2D eigenvalue weighted by atomic mass is 10.1. The molecular weight excluding hydrogens is 292 g/mol. The first kappa shape index (κ1) is 17.1. The zero-order chi connectivity index (χ0) is 16.1. The van der Waals surface area contributed by atoms with Crippen LogP contribution in [0.3, 0.4) is 0 Å². The first-order valence-corrected chi connectivity index (χ1v) is 7.79. The fourth-order valence-corrected chi connectivity index (χ4v) is 2.44. The van der Waals surface area contributed by atoms with Gasteiger partial charge < -0.3 is 5.32 Å². The molecule has 114 valence electrons. The Labute approximate surface area is 124 Å². The van der Waals surface area contributed by atoms with E-state index in [4.69, 9.17) is 5.26 Å². The highest BCUT2D eigenvalue weighted by molar-refractivity contribution is 7.89. The minimum atomic E-state index is -3.73. The van der Waals surface area contributed by atoms with E-state index in [0.717, 1.165) is 6.20 Å². The van der Waals surface area contributed by atoms with Crippen LogP contribution >= 0.6 is 0 Å². The number of hydrogen-bond acceptors (Lipinski definition) is 5. The minimum absolute atomic E-state index is 0.00967. The summed E-state index contributed by atoms with van der Waals surface area (Å²) in [6.45, 7) is 5.52. The van der Waals surface area contributed by atoms with Crippen molar-refractivity contribution in [1.82, 2.24) is 15.0 Å². The predicted octanol–water partition coefficient (Wildman–Crippen LogP) is 0.536. The number of rotatable bonds is 5. The number of nitrogens with one attached hydrogen (secondary N) is 2. The third-order valence-corrected chi connectivity index (χ3v) is 3.77. The zero-order valence-corrected chi connectivity index (χ0v) is 13.0. The van der Waals surface area contributed by atoms with E-state index in [1.54, 1.807) is 6.07 Å². The zero-order valence-electron chi connectivity index (χ0n) is 12.2. The number of pyridine rings is 1. The molecule has 7 nitrogen and oxygen atoms in total. The van der Waals surface area contributed by atoms with E-state index in [0.29, 0.717) is 0 Å². The van der Waals surface area contributed by atoms with Crippen molar-refractivity contribution in [3.8, 4) is 6.07 Å². The summed E-state index contributed by atoms with van der Waals surface area (Å²) in [5, 5.41) is 11.3. The van der Waals surface area contributed by atoms with Crippen LogP contribution in [0.2, 0.25) is 0 Å². The van der Waals surface area contributed by atoms with E-state index >= 15 is 0 Å². The second-order valence-corrected chi connectivity index (χ2v) is 7.20.